The van der Waals surface area contributed by atoms with E-state index < -0.39 is 0 Å². The molecule has 110 valence electrons. The summed E-state index contributed by atoms with van der Waals surface area (Å²) in [4.78, 5) is 22.3. The number of halogens is 2. The van der Waals surface area contributed by atoms with E-state index in [0.29, 0.717) is 33.8 Å². The van der Waals surface area contributed by atoms with Crippen LogP contribution in [0.1, 0.15) is 16.1 Å². The van der Waals surface area contributed by atoms with Gasteiger partial charge in [0.1, 0.15) is 0 Å². The summed E-state index contributed by atoms with van der Waals surface area (Å²) in [5, 5.41) is 3.57. The topological polar surface area (TPSA) is 58.1 Å². The summed E-state index contributed by atoms with van der Waals surface area (Å²) in [6.07, 6.45) is 1.65. The van der Waals surface area contributed by atoms with Gasteiger partial charge in [-0.1, -0.05) is 23.2 Å². The first kappa shape index (κ1) is 15.5. The molecule has 0 aliphatic carbocycles. The summed E-state index contributed by atoms with van der Waals surface area (Å²) >= 11 is 11.8. The number of rotatable bonds is 4. The molecule has 1 heterocycles. The summed E-state index contributed by atoms with van der Waals surface area (Å²) in [6.45, 7) is 0.293. The third kappa shape index (κ3) is 4.06. The van der Waals surface area contributed by atoms with E-state index in [2.05, 4.69) is 15.3 Å². The van der Waals surface area contributed by atoms with E-state index >= 15 is 0 Å². The van der Waals surface area contributed by atoms with Crippen LogP contribution in [-0.4, -0.2) is 30.0 Å². The first-order valence-corrected chi connectivity index (χ1v) is 6.95. The minimum atomic E-state index is -0.276. The van der Waals surface area contributed by atoms with Gasteiger partial charge in [-0.05, 0) is 24.3 Å². The highest BCUT2D eigenvalue weighted by molar-refractivity contribution is 6.36. The van der Waals surface area contributed by atoms with E-state index in [1.54, 1.807) is 29.3 Å². The number of nitrogens with one attached hydrogen (secondary N) is 1. The molecule has 1 amide bonds. The van der Waals surface area contributed by atoms with Crippen LogP contribution in [0.4, 0.5) is 5.95 Å². The van der Waals surface area contributed by atoms with Crippen LogP contribution in [-0.2, 0) is 6.54 Å². The van der Waals surface area contributed by atoms with E-state index in [1.165, 1.54) is 6.07 Å². The van der Waals surface area contributed by atoms with E-state index in [9.17, 15) is 4.79 Å². The average Bonchev–Trinajstić information content (AvgIpc) is 2.45. The Morgan fingerprint density at radius 3 is 2.71 bits per heavy atom. The van der Waals surface area contributed by atoms with Crippen molar-refractivity contribution < 1.29 is 4.79 Å². The number of benzene rings is 1. The van der Waals surface area contributed by atoms with Gasteiger partial charge in [0.15, 0.2) is 0 Å². The largest absolute Gasteiger partial charge is 0.347 e. The molecule has 0 radical (unpaired) electrons. The monoisotopic (exact) mass is 324 g/mol. The predicted molar refractivity (Wildman–Crippen MR) is 84.0 cm³/mol. The van der Waals surface area contributed by atoms with Crippen LogP contribution in [0.5, 0.6) is 0 Å². The Labute approximate surface area is 132 Å². The zero-order chi connectivity index (χ0) is 15.4. The van der Waals surface area contributed by atoms with Gasteiger partial charge in [-0.15, -0.1) is 0 Å². The second kappa shape index (κ2) is 6.74. The van der Waals surface area contributed by atoms with Gasteiger partial charge in [-0.25, -0.2) is 9.97 Å². The van der Waals surface area contributed by atoms with Crippen molar-refractivity contribution in [3.8, 4) is 0 Å². The quantitative estimate of drug-likeness (QED) is 0.939. The number of nitrogens with zero attached hydrogens (tertiary/aromatic N) is 3. The number of hydrogen-bond acceptors (Lipinski definition) is 4. The van der Waals surface area contributed by atoms with Gasteiger partial charge >= 0.3 is 0 Å². The molecule has 0 unspecified atom stereocenters. The van der Waals surface area contributed by atoms with Crippen molar-refractivity contribution in [2.75, 3.05) is 19.0 Å². The average molecular weight is 325 g/mol. The molecule has 1 aromatic carbocycles. The molecular formula is C14H14Cl2N4O. The minimum Gasteiger partial charge on any atom is -0.347 e. The standard InChI is InChI=1S/C14H14Cl2N4O/c1-20(2)14-17-6-5-10(19-14)8-18-13(21)11-4-3-9(15)7-12(11)16/h3-7H,8H2,1-2H3,(H,18,21). The Morgan fingerprint density at radius 2 is 2.05 bits per heavy atom. The Bertz CT molecular complexity index is 661. The van der Waals surface area contributed by atoms with E-state index in [0.717, 1.165) is 0 Å². The van der Waals surface area contributed by atoms with Gasteiger partial charge < -0.3 is 10.2 Å². The van der Waals surface area contributed by atoms with E-state index in [-0.39, 0.29) is 5.91 Å². The molecule has 0 saturated heterocycles. The number of aromatic nitrogens is 2. The summed E-state index contributed by atoms with van der Waals surface area (Å²) < 4.78 is 0. The van der Waals surface area contributed by atoms with Crippen LogP contribution in [0.25, 0.3) is 0 Å². The van der Waals surface area contributed by atoms with Gasteiger partial charge in [-0.2, -0.15) is 0 Å². The maximum Gasteiger partial charge on any atom is 0.253 e. The predicted octanol–water partition coefficient (Wildman–Crippen LogP) is 2.78. The van der Waals surface area contributed by atoms with Crippen LogP contribution in [0.2, 0.25) is 10.0 Å². The molecule has 1 aromatic heterocycles. The van der Waals surface area contributed by atoms with E-state index in [1.807, 2.05) is 14.1 Å². The van der Waals surface area contributed by atoms with Crippen molar-refractivity contribution in [1.82, 2.24) is 15.3 Å². The van der Waals surface area contributed by atoms with Crippen LogP contribution in [0.15, 0.2) is 30.5 Å². The maximum absolute atomic E-state index is 12.1. The first-order valence-electron chi connectivity index (χ1n) is 6.20. The normalized spacial score (nSPS) is 10.3. The Kier molecular flexibility index (Phi) is 4.98. The van der Waals surface area contributed by atoms with Crippen molar-refractivity contribution in [3.63, 3.8) is 0 Å². The number of anilines is 1. The number of hydrogen-bond donors (Lipinski definition) is 1. The maximum atomic E-state index is 12.1. The molecule has 7 heteroatoms. The molecule has 0 saturated carbocycles. The summed E-state index contributed by atoms with van der Waals surface area (Å²) in [5.41, 5.74) is 1.09. The molecule has 0 aliphatic heterocycles. The molecule has 1 N–H and O–H groups in total. The molecule has 0 aliphatic rings. The second-order valence-corrected chi connectivity index (χ2v) is 5.39. The summed E-state index contributed by atoms with van der Waals surface area (Å²) in [6, 6.07) is 6.49. The molecule has 21 heavy (non-hydrogen) atoms. The van der Waals surface area contributed by atoms with Crippen LogP contribution in [0.3, 0.4) is 0 Å². The molecule has 5 nitrogen and oxygen atoms in total. The lowest BCUT2D eigenvalue weighted by Crippen LogP contribution is -2.24. The number of amides is 1. The molecule has 2 aromatic rings. The highest BCUT2D eigenvalue weighted by Gasteiger charge is 2.11. The van der Waals surface area contributed by atoms with Gasteiger partial charge in [0.05, 0.1) is 22.8 Å². The molecule has 0 fully saturated rings. The zero-order valence-electron chi connectivity index (χ0n) is 11.6. The third-order valence-corrected chi connectivity index (χ3v) is 3.25. The third-order valence-electron chi connectivity index (χ3n) is 2.71. The Balaban J connectivity index is 2.05. The van der Waals surface area contributed by atoms with Gasteiger partial charge in [0, 0.05) is 25.3 Å². The first-order chi connectivity index (χ1) is 9.97. The molecule has 0 spiro atoms. The van der Waals surface area contributed by atoms with Crippen LogP contribution >= 0.6 is 23.2 Å². The lowest BCUT2D eigenvalue weighted by Gasteiger charge is -2.11. The highest BCUT2D eigenvalue weighted by atomic mass is 35.5. The van der Waals surface area contributed by atoms with Gasteiger partial charge in [-0.3, -0.25) is 4.79 Å². The van der Waals surface area contributed by atoms with Crippen molar-refractivity contribution >= 4 is 35.1 Å². The zero-order valence-corrected chi connectivity index (χ0v) is 13.1. The van der Waals surface area contributed by atoms with Crippen molar-refractivity contribution in [1.29, 1.82) is 0 Å². The van der Waals surface area contributed by atoms with Crippen molar-refractivity contribution in [3.05, 3.63) is 51.8 Å². The summed E-state index contributed by atoms with van der Waals surface area (Å²) in [5.74, 6) is 0.313. The van der Waals surface area contributed by atoms with E-state index in [4.69, 9.17) is 23.2 Å². The molecular weight excluding hydrogens is 311 g/mol. The molecule has 0 atom stereocenters. The highest BCUT2D eigenvalue weighted by Crippen LogP contribution is 2.20. The summed E-state index contributed by atoms with van der Waals surface area (Å²) in [7, 11) is 3.70. The van der Waals surface area contributed by atoms with Crippen molar-refractivity contribution in [2.24, 2.45) is 0 Å². The fourth-order valence-electron chi connectivity index (χ4n) is 1.64. The molecule has 0 bridgehead atoms. The fraction of sp³-hybridized carbons (Fsp3) is 0.214. The van der Waals surface area contributed by atoms with Crippen molar-refractivity contribution in [2.45, 2.75) is 6.54 Å². The van der Waals surface area contributed by atoms with Crippen LogP contribution in [0, 0.1) is 0 Å². The minimum absolute atomic E-state index is 0.276. The lowest BCUT2D eigenvalue weighted by atomic mass is 10.2. The Morgan fingerprint density at radius 1 is 1.29 bits per heavy atom. The number of carbonyl (C=O) groups excluding carboxylic acids is 1. The van der Waals surface area contributed by atoms with Gasteiger partial charge in [0.2, 0.25) is 5.95 Å². The SMILES string of the molecule is CN(C)c1nccc(CNC(=O)c2ccc(Cl)cc2Cl)n1. The molecule has 2 rings (SSSR count). The lowest BCUT2D eigenvalue weighted by molar-refractivity contribution is 0.0950. The smallest absolute Gasteiger partial charge is 0.253 e. The Hall–Kier alpha value is -1.85. The number of carbonyl (C=O) groups is 1. The van der Waals surface area contributed by atoms with Gasteiger partial charge in [0.25, 0.3) is 5.91 Å². The van der Waals surface area contributed by atoms with Crippen LogP contribution < -0.4 is 10.2 Å². The fourth-order valence-corrected chi connectivity index (χ4v) is 2.13. The second-order valence-electron chi connectivity index (χ2n) is 4.55.